The van der Waals surface area contributed by atoms with Crippen molar-refractivity contribution in [1.82, 2.24) is 10.2 Å². The molecule has 1 aliphatic heterocycles. The average Bonchev–Trinajstić information content (AvgIpc) is 2.90. The van der Waals surface area contributed by atoms with Crippen molar-refractivity contribution in [3.8, 4) is 5.75 Å². The van der Waals surface area contributed by atoms with Crippen LogP contribution >= 0.6 is 0 Å². The van der Waals surface area contributed by atoms with Crippen LogP contribution < -0.4 is 15.4 Å². The van der Waals surface area contributed by atoms with E-state index >= 15 is 0 Å². The van der Waals surface area contributed by atoms with Crippen LogP contribution in [0.2, 0.25) is 0 Å². The number of hydrogen-bond acceptors (Lipinski definition) is 6. The summed E-state index contributed by atoms with van der Waals surface area (Å²) in [6.45, 7) is 7.57. The molecule has 1 aromatic rings. The van der Waals surface area contributed by atoms with Gasteiger partial charge in [0, 0.05) is 37.2 Å². The number of amides is 2. The lowest BCUT2D eigenvalue weighted by atomic mass is 9.88. The number of benzene rings is 1. The van der Waals surface area contributed by atoms with Gasteiger partial charge in [-0.3, -0.25) is 9.59 Å². The zero-order chi connectivity index (χ0) is 26.8. The zero-order valence-electron chi connectivity index (χ0n) is 23.1. The maximum absolute atomic E-state index is 14.0. The van der Waals surface area contributed by atoms with E-state index in [-0.39, 0.29) is 48.5 Å². The molecule has 4 atom stereocenters. The summed E-state index contributed by atoms with van der Waals surface area (Å²) >= 11 is 0. The number of likely N-dealkylation sites (N-methyl/N-ethyl adjacent to an activating group) is 1. The maximum Gasteiger partial charge on any atom is 0.258 e. The number of rotatable bonds is 6. The Morgan fingerprint density at radius 1 is 1.14 bits per heavy atom. The monoisotopic (exact) mass is 517 g/mol. The Balaban J connectivity index is 1.93. The predicted octanol–water partition coefficient (Wildman–Crippen LogP) is 4.22. The third-order valence-corrected chi connectivity index (χ3v) is 7.70. The molecule has 1 saturated carbocycles. The highest BCUT2D eigenvalue weighted by molar-refractivity contribution is 6.00. The number of nitrogens with one attached hydrogen (secondary N) is 2. The van der Waals surface area contributed by atoms with Gasteiger partial charge >= 0.3 is 0 Å². The van der Waals surface area contributed by atoms with E-state index in [9.17, 15) is 14.7 Å². The first-order valence-electron chi connectivity index (χ1n) is 14.1. The van der Waals surface area contributed by atoms with Crippen LogP contribution in [0.1, 0.15) is 82.5 Å². The Morgan fingerprint density at radius 2 is 1.86 bits per heavy atom. The van der Waals surface area contributed by atoms with Crippen LogP contribution in [0, 0.1) is 11.8 Å². The summed E-state index contributed by atoms with van der Waals surface area (Å²) in [5, 5.41) is 16.3. The lowest BCUT2D eigenvalue weighted by molar-refractivity contribution is -0.120. The smallest absolute Gasteiger partial charge is 0.258 e. The van der Waals surface area contributed by atoms with E-state index in [0.29, 0.717) is 36.7 Å². The molecule has 2 aliphatic rings. The van der Waals surface area contributed by atoms with Gasteiger partial charge in [-0.05, 0) is 71.2 Å². The number of carbonyl (C=O) groups is 2. The summed E-state index contributed by atoms with van der Waals surface area (Å²) < 4.78 is 12.5. The summed E-state index contributed by atoms with van der Waals surface area (Å²) in [5.74, 6) is 0.375. The van der Waals surface area contributed by atoms with Gasteiger partial charge in [0.1, 0.15) is 5.75 Å². The van der Waals surface area contributed by atoms with Crippen LogP contribution in [0.15, 0.2) is 18.2 Å². The maximum atomic E-state index is 14.0. The molecular weight excluding hydrogens is 470 g/mol. The Labute approximate surface area is 222 Å². The Bertz CT molecular complexity index is 873. The van der Waals surface area contributed by atoms with Crippen molar-refractivity contribution in [2.75, 3.05) is 38.7 Å². The van der Waals surface area contributed by atoms with Crippen molar-refractivity contribution in [3.05, 3.63) is 23.8 Å². The van der Waals surface area contributed by atoms with Gasteiger partial charge in [0.25, 0.3) is 5.91 Å². The molecule has 37 heavy (non-hydrogen) atoms. The van der Waals surface area contributed by atoms with Gasteiger partial charge in [0.2, 0.25) is 5.91 Å². The van der Waals surface area contributed by atoms with Crippen molar-refractivity contribution < 1.29 is 24.2 Å². The van der Waals surface area contributed by atoms with E-state index in [1.807, 2.05) is 27.0 Å². The molecule has 0 radical (unpaired) electrons. The van der Waals surface area contributed by atoms with Crippen LogP contribution in [0.5, 0.6) is 5.75 Å². The number of anilines is 1. The first-order chi connectivity index (χ1) is 17.8. The van der Waals surface area contributed by atoms with Gasteiger partial charge in [0.05, 0.1) is 30.4 Å². The topological polar surface area (TPSA) is 100 Å². The molecule has 0 spiro atoms. The lowest BCUT2D eigenvalue weighted by Crippen LogP contribution is -2.47. The molecule has 0 unspecified atom stereocenters. The third-order valence-electron chi connectivity index (χ3n) is 7.70. The summed E-state index contributed by atoms with van der Waals surface area (Å²) in [7, 11) is 1.90. The van der Waals surface area contributed by atoms with Gasteiger partial charge in [-0.1, -0.05) is 26.2 Å². The number of nitrogens with zero attached hydrogens (tertiary/aromatic N) is 1. The third kappa shape index (κ3) is 8.42. The second-order valence-electron chi connectivity index (χ2n) is 10.9. The minimum absolute atomic E-state index is 0.0172. The summed E-state index contributed by atoms with van der Waals surface area (Å²) in [5.41, 5.74) is 1.00. The van der Waals surface area contributed by atoms with Gasteiger partial charge in [-0.25, -0.2) is 0 Å². The van der Waals surface area contributed by atoms with Crippen molar-refractivity contribution in [2.24, 2.45) is 11.8 Å². The molecule has 208 valence electrons. The molecule has 0 aromatic heterocycles. The van der Waals surface area contributed by atoms with Gasteiger partial charge in [-0.15, -0.1) is 0 Å². The normalized spacial score (nSPS) is 25.5. The van der Waals surface area contributed by atoms with Crippen LogP contribution in [0.3, 0.4) is 0 Å². The van der Waals surface area contributed by atoms with Crippen molar-refractivity contribution in [1.29, 1.82) is 0 Å². The molecule has 1 aliphatic carbocycles. The predicted molar refractivity (Wildman–Crippen MR) is 146 cm³/mol. The Kier molecular flexibility index (Phi) is 11.7. The molecular formula is C29H47N3O5. The molecule has 3 rings (SSSR count). The second kappa shape index (κ2) is 14.7. The van der Waals surface area contributed by atoms with Crippen LogP contribution in [0.25, 0.3) is 0 Å². The highest BCUT2D eigenvalue weighted by atomic mass is 16.5. The molecule has 8 nitrogen and oxygen atoms in total. The first-order valence-corrected chi connectivity index (χ1v) is 14.1. The summed E-state index contributed by atoms with van der Waals surface area (Å²) in [6, 6.07) is 4.97. The quantitative estimate of drug-likeness (QED) is 0.523. The minimum Gasteiger partial charge on any atom is -0.490 e. The molecule has 1 heterocycles. The zero-order valence-corrected chi connectivity index (χ0v) is 23.1. The number of aliphatic hydroxyl groups excluding tert-OH is 1. The fourth-order valence-electron chi connectivity index (χ4n) is 5.30. The van der Waals surface area contributed by atoms with Gasteiger partial charge in [-0.2, -0.15) is 0 Å². The van der Waals surface area contributed by atoms with Crippen LogP contribution in [-0.2, 0) is 9.53 Å². The van der Waals surface area contributed by atoms with Gasteiger partial charge in [0.15, 0.2) is 0 Å². The molecule has 3 N–H and O–H groups in total. The molecule has 0 bridgehead atoms. The minimum atomic E-state index is -0.385. The first kappa shape index (κ1) is 29.4. The van der Waals surface area contributed by atoms with E-state index in [1.54, 1.807) is 17.0 Å². The Hall–Kier alpha value is -2.16. The SMILES string of the molecule is CNC[C@H]1OCCCC[C@H](C)Oc2ccc(NC(=O)C3CCCCC3)cc2C(=O)N([C@H](C)CO)C[C@@H]1C. The highest BCUT2D eigenvalue weighted by Crippen LogP contribution is 2.30. The molecule has 2 amide bonds. The van der Waals surface area contributed by atoms with E-state index < -0.39 is 0 Å². The second-order valence-corrected chi connectivity index (χ2v) is 10.9. The molecule has 1 fully saturated rings. The Morgan fingerprint density at radius 3 is 2.57 bits per heavy atom. The fourth-order valence-corrected chi connectivity index (χ4v) is 5.30. The molecule has 1 aromatic carbocycles. The highest BCUT2D eigenvalue weighted by Gasteiger charge is 2.30. The van der Waals surface area contributed by atoms with Crippen LogP contribution in [0.4, 0.5) is 5.69 Å². The van der Waals surface area contributed by atoms with E-state index in [1.165, 1.54) is 6.42 Å². The van der Waals surface area contributed by atoms with E-state index in [0.717, 1.165) is 44.9 Å². The molecule has 8 heteroatoms. The number of carbonyl (C=O) groups excluding carboxylic acids is 2. The summed E-state index contributed by atoms with van der Waals surface area (Å²) in [4.78, 5) is 28.7. The number of ether oxygens (including phenoxy) is 2. The van der Waals surface area contributed by atoms with Gasteiger partial charge < -0.3 is 30.1 Å². The van der Waals surface area contributed by atoms with Crippen molar-refractivity contribution >= 4 is 17.5 Å². The number of fused-ring (bicyclic) bond motifs is 1. The van der Waals surface area contributed by atoms with E-state index in [4.69, 9.17) is 9.47 Å². The standard InChI is InChI=1S/C29H47N3O5/c1-20-18-32(21(2)19-33)29(35)25-16-24(31-28(34)23-11-6-5-7-12-23)13-14-26(25)37-22(3)10-8-9-15-36-27(20)17-30-4/h13-14,16,20-23,27,30,33H,5-12,15,17-19H2,1-4H3,(H,31,34)/t20-,21+,22-,27+/m0/s1. The van der Waals surface area contributed by atoms with Crippen molar-refractivity contribution in [2.45, 2.75) is 90.4 Å². The number of aliphatic hydroxyl groups is 1. The van der Waals surface area contributed by atoms with Crippen LogP contribution in [-0.4, -0.2) is 73.4 Å². The van der Waals surface area contributed by atoms with Crippen molar-refractivity contribution in [3.63, 3.8) is 0 Å². The summed E-state index contributed by atoms with van der Waals surface area (Å²) in [6.07, 6.45) is 7.79. The largest absolute Gasteiger partial charge is 0.490 e. The number of hydrogen-bond donors (Lipinski definition) is 3. The molecule has 0 saturated heterocycles. The van der Waals surface area contributed by atoms with E-state index in [2.05, 4.69) is 17.6 Å². The lowest BCUT2D eigenvalue weighted by Gasteiger charge is -2.34. The fraction of sp³-hybridized carbons (Fsp3) is 0.724. The average molecular weight is 518 g/mol.